The van der Waals surface area contributed by atoms with Crippen LogP contribution >= 0.6 is 11.3 Å². The lowest BCUT2D eigenvalue weighted by molar-refractivity contribution is -0.119. The fourth-order valence-corrected chi connectivity index (χ4v) is 3.76. The van der Waals surface area contributed by atoms with Crippen LogP contribution in [0, 0.1) is 0 Å². The van der Waals surface area contributed by atoms with Crippen LogP contribution < -0.4 is 15.5 Å². The van der Waals surface area contributed by atoms with Crippen molar-refractivity contribution < 1.29 is 4.79 Å². The molecule has 29 heavy (non-hydrogen) atoms. The maximum atomic E-state index is 12.1. The molecule has 2 heterocycles. The molecule has 3 rings (SSSR count). The number of hydrogen-bond acceptors (Lipinski definition) is 6. The highest BCUT2D eigenvalue weighted by molar-refractivity contribution is 7.20. The summed E-state index contributed by atoms with van der Waals surface area (Å²) in [6.45, 7) is 9.43. The summed E-state index contributed by atoms with van der Waals surface area (Å²) >= 11 is 1.48. The fraction of sp³-hybridized carbons (Fsp3) is 0.476. The number of carbonyl (C=O) groups excluding carboxylic acids is 1. The molecular formula is C21H30N6OS. The Labute approximate surface area is 176 Å². The number of fused-ring (bicyclic) bond motifs is 1. The number of imidazole rings is 1. The zero-order valence-corrected chi connectivity index (χ0v) is 18.6. The van der Waals surface area contributed by atoms with E-state index < -0.39 is 0 Å². The molecule has 2 aromatic heterocycles. The summed E-state index contributed by atoms with van der Waals surface area (Å²) in [5.74, 6) is 0.869. The van der Waals surface area contributed by atoms with E-state index in [9.17, 15) is 4.79 Å². The van der Waals surface area contributed by atoms with E-state index in [-0.39, 0.29) is 18.0 Å². The number of aromatic nitrogens is 3. The zero-order chi connectivity index (χ0) is 21.0. The molecule has 0 spiro atoms. The average molecular weight is 415 g/mol. The number of hydrogen-bond donors (Lipinski definition) is 2. The van der Waals surface area contributed by atoms with Gasteiger partial charge in [0.25, 0.3) is 0 Å². The normalized spacial score (nSPS) is 11.6. The summed E-state index contributed by atoms with van der Waals surface area (Å²) in [5.41, 5.74) is 1.78. The molecule has 0 radical (unpaired) electrons. The van der Waals surface area contributed by atoms with Crippen molar-refractivity contribution in [3.8, 4) is 11.3 Å². The van der Waals surface area contributed by atoms with Crippen molar-refractivity contribution in [3.63, 3.8) is 0 Å². The van der Waals surface area contributed by atoms with Crippen LogP contribution in [0.2, 0.25) is 0 Å². The Hall–Kier alpha value is -2.61. The van der Waals surface area contributed by atoms with E-state index in [4.69, 9.17) is 10.1 Å². The average Bonchev–Trinajstić information content (AvgIpc) is 3.21. The fourth-order valence-electron chi connectivity index (χ4n) is 2.90. The number of anilines is 2. The second-order valence-corrected chi connectivity index (χ2v) is 9.12. The van der Waals surface area contributed by atoms with Crippen molar-refractivity contribution in [2.24, 2.45) is 0 Å². The van der Waals surface area contributed by atoms with Gasteiger partial charge in [0.15, 0.2) is 5.82 Å². The number of nitrogens with one attached hydrogen (secondary N) is 2. The van der Waals surface area contributed by atoms with Gasteiger partial charge in [0.05, 0.1) is 6.54 Å². The van der Waals surface area contributed by atoms with Gasteiger partial charge in [-0.05, 0) is 27.2 Å². The van der Waals surface area contributed by atoms with E-state index in [0.29, 0.717) is 6.54 Å². The number of amides is 1. The maximum absolute atomic E-state index is 12.1. The number of nitrogens with zero attached hydrogens (tertiary/aromatic N) is 4. The van der Waals surface area contributed by atoms with E-state index >= 15 is 0 Å². The number of likely N-dealkylation sites (N-methyl/N-ethyl adjacent to an activating group) is 1. The first-order valence-corrected chi connectivity index (χ1v) is 10.8. The number of unbranched alkanes of at least 4 members (excludes halogenated alkanes) is 1. The SMILES string of the molecule is CCCCNC(=O)CN(C)c1nn2c(NC(C)(C)C)c(-c3ccccc3)nc2s1. The molecular weight excluding hydrogens is 384 g/mol. The van der Waals surface area contributed by atoms with Gasteiger partial charge in [0.2, 0.25) is 16.0 Å². The lowest BCUT2D eigenvalue weighted by Crippen LogP contribution is -2.35. The standard InChI is InChI=1S/C21H30N6OS/c1-6-7-13-22-16(28)14-26(5)20-25-27-18(24-21(2,3)4)17(23-19(27)29-20)15-11-9-8-10-12-15/h8-12,24H,6-7,13-14H2,1-5H3,(H,22,28). The van der Waals surface area contributed by atoms with Crippen LogP contribution in [0.25, 0.3) is 16.2 Å². The van der Waals surface area contributed by atoms with Crippen molar-refractivity contribution in [2.75, 3.05) is 30.4 Å². The minimum atomic E-state index is -0.145. The summed E-state index contributed by atoms with van der Waals surface area (Å²) in [4.78, 5) is 19.6. The van der Waals surface area contributed by atoms with Gasteiger partial charge in [-0.25, -0.2) is 4.98 Å². The first-order chi connectivity index (χ1) is 13.8. The minimum absolute atomic E-state index is 0.00630. The topological polar surface area (TPSA) is 74.6 Å². The molecule has 7 nitrogen and oxygen atoms in total. The summed E-state index contributed by atoms with van der Waals surface area (Å²) in [5, 5.41) is 12.0. The quantitative estimate of drug-likeness (QED) is 0.545. The monoisotopic (exact) mass is 414 g/mol. The second kappa shape index (κ2) is 8.82. The van der Waals surface area contributed by atoms with Crippen LogP contribution in [-0.4, -0.2) is 46.2 Å². The van der Waals surface area contributed by atoms with E-state index in [2.05, 4.69) is 38.3 Å². The van der Waals surface area contributed by atoms with Crippen molar-refractivity contribution in [3.05, 3.63) is 30.3 Å². The first kappa shape index (κ1) is 21.1. The Balaban J connectivity index is 1.88. The smallest absolute Gasteiger partial charge is 0.239 e. The summed E-state index contributed by atoms with van der Waals surface area (Å²) in [6.07, 6.45) is 2.05. The Bertz CT molecular complexity index is 957. The van der Waals surface area contributed by atoms with Crippen LogP contribution in [0.15, 0.2) is 30.3 Å². The van der Waals surface area contributed by atoms with E-state index in [1.165, 1.54) is 11.3 Å². The molecule has 0 saturated heterocycles. The molecule has 2 N–H and O–H groups in total. The molecule has 0 atom stereocenters. The molecule has 8 heteroatoms. The number of carbonyl (C=O) groups is 1. The van der Waals surface area contributed by atoms with Crippen molar-refractivity contribution in [1.29, 1.82) is 0 Å². The minimum Gasteiger partial charge on any atom is -0.364 e. The largest absolute Gasteiger partial charge is 0.364 e. The van der Waals surface area contributed by atoms with Crippen LogP contribution in [-0.2, 0) is 4.79 Å². The Morgan fingerprint density at radius 1 is 1.24 bits per heavy atom. The van der Waals surface area contributed by atoms with Gasteiger partial charge in [0, 0.05) is 24.7 Å². The van der Waals surface area contributed by atoms with E-state index in [1.807, 2.05) is 46.8 Å². The van der Waals surface area contributed by atoms with E-state index in [0.717, 1.165) is 40.0 Å². The molecule has 0 saturated carbocycles. The molecule has 0 fully saturated rings. The Morgan fingerprint density at radius 2 is 1.97 bits per heavy atom. The highest BCUT2D eigenvalue weighted by Gasteiger charge is 2.23. The third-order valence-electron chi connectivity index (χ3n) is 4.29. The van der Waals surface area contributed by atoms with Gasteiger partial charge in [-0.1, -0.05) is 55.0 Å². The van der Waals surface area contributed by atoms with Gasteiger partial charge < -0.3 is 15.5 Å². The Kier molecular flexibility index (Phi) is 6.42. The molecule has 3 aromatic rings. The van der Waals surface area contributed by atoms with Gasteiger partial charge in [0.1, 0.15) is 5.69 Å². The van der Waals surface area contributed by atoms with Crippen LogP contribution in [0.1, 0.15) is 40.5 Å². The molecule has 1 aromatic carbocycles. The van der Waals surface area contributed by atoms with Crippen molar-refractivity contribution in [1.82, 2.24) is 19.9 Å². The van der Waals surface area contributed by atoms with Crippen molar-refractivity contribution >= 4 is 33.2 Å². The molecule has 156 valence electrons. The number of benzene rings is 1. The predicted molar refractivity (Wildman–Crippen MR) is 121 cm³/mol. The summed E-state index contributed by atoms with van der Waals surface area (Å²) in [7, 11) is 1.88. The van der Waals surface area contributed by atoms with Crippen LogP contribution in [0.4, 0.5) is 10.9 Å². The molecule has 0 aliphatic heterocycles. The van der Waals surface area contributed by atoms with Crippen molar-refractivity contribution in [2.45, 2.75) is 46.1 Å². The lowest BCUT2D eigenvalue weighted by Gasteiger charge is -2.22. The maximum Gasteiger partial charge on any atom is 0.239 e. The van der Waals surface area contributed by atoms with Gasteiger partial charge in [-0.15, -0.1) is 5.10 Å². The highest BCUT2D eigenvalue weighted by atomic mass is 32.1. The van der Waals surface area contributed by atoms with Gasteiger partial charge >= 0.3 is 0 Å². The second-order valence-electron chi connectivity index (χ2n) is 8.19. The highest BCUT2D eigenvalue weighted by Crippen LogP contribution is 2.34. The summed E-state index contributed by atoms with van der Waals surface area (Å²) < 4.78 is 1.85. The first-order valence-electron chi connectivity index (χ1n) is 9.99. The number of rotatable bonds is 8. The lowest BCUT2D eigenvalue weighted by atomic mass is 10.1. The summed E-state index contributed by atoms with van der Waals surface area (Å²) in [6, 6.07) is 10.1. The molecule has 0 unspecified atom stereocenters. The zero-order valence-electron chi connectivity index (χ0n) is 17.8. The Morgan fingerprint density at radius 3 is 2.62 bits per heavy atom. The third-order valence-corrected chi connectivity index (χ3v) is 5.32. The van der Waals surface area contributed by atoms with Crippen LogP contribution in [0.5, 0.6) is 0 Å². The molecule has 0 aliphatic carbocycles. The van der Waals surface area contributed by atoms with E-state index in [1.54, 1.807) is 0 Å². The van der Waals surface area contributed by atoms with Gasteiger partial charge in [-0.2, -0.15) is 4.52 Å². The van der Waals surface area contributed by atoms with Gasteiger partial charge in [-0.3, -0.25) is 4.79 Å². The van der Waals surface area contributed by atoms with Crippen LogP contribution in [0.3, 0.4) is 0 Å². The molecule has 0 aliphatic rings. The molecule has 0 bridgehead atoms. The third kappa shape index (κ3) is 5.26. The predicted octanol–water partition coefficient (Wildman–Crippen LogP) is 4.02. The molecule has 1 amide bonds.